The maximum absolute atomic E-state index is 11.0. The van der Waals surface area contributed by atoms with E-state index in [9.17, 15) is 9.59 Å². The van der Waals surface area contributed by atoms with Gasteiger partial charge in [0.15, 0.2) is 0 Å². The van der Waals surface area contributed by atoms with Gasteiger partial charge in [0.1, 0.15) is 5.78 Å². The van der Waals surface area contributed by atoms with Crippen LogP contribution in [0, 0.1) is 5.92 Å². The standard InChI is InChI=1S/C13H22O.C7H14O2.C2H6/c1-2-3-4-5-6-7-8-12-9-10-13(14)11-12;1-2-3-4-5-6-7(8)9;1-2/h7-8,12H,2-6,9-11H2,1H3;2-6H2,1H3,(H,8,9);1-2H3/b8-7+;;/t12-;;/m0../s1. The van der Waals surface area contributed by atoms with Crippen LogP contribution in [0.25, 0.3) is 0 Å². The zero-order valence-electron chi connectivity index (χ0n) is 17.2. The number of carboxylic acids is 1. The van der Waals surface area contributed by atoms with Gasteiger partial charge in [-0.2, -0.15) is 0 Å². The van der Waals surface area contributed by atoms with Crippen molar-refractivity contribution in [2.24, 2.45) is 5.92 Å². The van der Waals surface area contributed by atoms with Gasteiger partial charge in [-0.15, -0.1) is 0 Å². The van der Waals surface area contributed by atoms with E-state index in [4.69, 9.17) is 5.11 Å². The Kier molecular flexibility index (Phi) is 21.9. The van der Waals surface area contributed by atoms with Crippen LogP contribution in [0.2, 0.25) is 0 Å². The number of unbranched alkanes of at least 4 members (excludes halogenated alkanes) is 7. The van der Waals surface area contributed by atoms with Crippen LogP contribution in [0.4, 0.5) is 0 Å². The summed E-state index contributed by atoms with van der Waals surface area (Å²) < 4.78 is 0. The summed E-state index contributed by atoms with van der Waals surface area (Å²) in [4.78, 5) is 21.0. The molecule has 0 aromatic heterocycles. The first-order valence-electron chi connectivity index (χ1n) is 10.5. The molecule has 1 N–H and O–H groups in total. The number of ketones is 1. The lowest BCUT2D eigenvalue weighted by Gasteiger charge is -1.99. The number of Topliss-reactive ketones (excluding diaryl/α,β-unsaturated/α-hetero) is 1. The van der Waals surface area contributed by atoms with Crippen LogP contribution in [-0.2, 0) is 9.59 Å². The van der Waals surface area contributed by atoms with Gasteiger partial charge < -0.3 is 5.11 Å². The number of carboxylic acid groups (broad SMARTS) is 1. The Morgan fingerprint density at radius 3 is 2.12 bits per heavy atom. The first kappa shape index (κ1) is 26.1. The van der Waals surface area contributed by atoms with Crippen molar-refractivity contribution in [3.63, 3.8) is 0 Å². The van der Waals surface area contributed by atoms with Crippen LogP contribution < -0.4 is 0 Å². The highest BCUT2D eigenvalue weighted by atomic mass is 16.4. The molecule has 0 spiro atoms. The molecule has 1 atom stereocenters. The summed E-state index contributed by atoms with van der Waals surface area (Å²) in [5.74, 6) is 0.338. The van der Waals surface area contributed by atoms with Gasteiger partial charge in [0.2, 0.25) is 0 Å². The fourth-order valence-corrected chi connectivity index (χ4v) is 2.69. The van der Waals surface area contributed by atoms with Crippen molar-refractivity contribution in [2.45, 2.75) is 111 Å². The zero-order valence-corrected chi connectivity index (χ0v) is 17.2. The molecule has 0 aromatic carbocycles. The van der Waals surface area contributed by atoms with E-state index in [0.29, 0.717) is 18.1 Å². The lowest BCUT2D eigenvalue weighted by Crippen LogP contribution is -1.92. The van der Waals surface area contributed by atoms with E-state index in [1.807, 2.05) is 13.8 Å². The van der Waals surface area contributed by atoms with Crippen molar-refractivity contribution in [3.05, 3.63) is 12.2 Å². The van der Waals surface area contributed by atoms with E-state index >= 15 is 0 Å². The van der Waals surface area contributed by atoms with E-state index in [1.54, 1.807) is 0 Å². The molecule has 3 heteroatoms. The molecule has 0 heterocycles. The Morgan fingerprint density at radius 2 is 1.64 bits per heavy atom. The maximum atomic E-state index is 11.0. The fourth-order valence-electron chi connectivity index (χ4n) is 2.69. The van der Waals surface area contributed by atoms with Crippen LogP contribution in [0.3, 0.4) is 0 Å². The summed E-state index contributed by atoms with van der Waals surface area (Å²) in [5.41, 5.74) is 0. The van der Waals surface area contributed by atoms with Gasteiger partial charge in [0, 0.05) is 19.3 Å². The number of hydrogen-bond donors (Lipinski definition) is 1. The third kappa shape index (κ3) is 20.8. The second-order valence-electron chi connectivity index (χ2n) is 6.52. The minimum absolute atomic E-state index is 0.333. The molecule has 3 nitrogen and oxygen atoms in total. The quantitative estimate of drug-likeness (QED) is 0.322. The van der Waals surface area contributed by atoms with E-state index in [2.05, 4.69) is 26.0 Å². The second kappa shape index (κ2) is 20.9. The van der Waals surface area contributed by atoms with E-state index in [1.165, 1.54) is 38.5 Å². The number of aliphatic carboxylic acids is 1. The van der Waals surface area contributed by atoms with Gasteiger partial charge in [-0.25, -0.2) is 0 Å². The summed E-state index contributed by atoms with van der Waals surface area (Å²) in [6.45, 7) is 8.35. The largest absolute Gasteiger partial charge is 0.481 e. The maximum Gasteiger partial charge on any atom is 0.303 e. The van der Waals surface area contributed by atoms with Gasteiger partial charge in [0.25, 0.3) is 0 Å². The molecule has 148 valence electrons. The molecule has 0 aliphatic heterocycles. The number of allylic oxidation sites excluding steroid dienone is 2. The molecule has 1 aliphatic rings. The van der Waals surface area contributed by atoms with Crippen LogP contribution in [0.1, 0.15) is 111 Å². The Morgan fingerprint density at radius 1 is 1.04 bits per heavy atom. The molecule has 25 heavy (non-hydrogen) atoms. The Hall–Kier alpha value is -1.12. The van der Waals surface area contributed by atoms with Crippen molar-refractivity contribution in [3.8, 4) is 0 Å². The van der Waals surface area contributed by atoms with Crippen molar-refractivity contribution >= 4 is 11.8 Å². The molecular formula is C22H42O3. The second-order valence-corrected chi connectivity index (χ2v) is 6.52. The number of carbonyl (C=O) groups excluding carboxylic acids is 1. The monoisotopic (exact) mass is 354 g/mol. The highest BCUT2D eigenvalue weighted by Gasteiger charge is 2.18. The number of carbonyl (C=O) groups is 2. The normalized spacial score (nSPS) is 16.2. The number of hydrogen-bond acceptors (Lipinski definition) is 2. The average molecular weight is 355 g/mol. The van der Waals surface area contributed by atoms with Gasteiger partial charge in [-0.05, 0) is 31.6 Å². The van der Waals surface area contributed by atoms with Gasteiger partial charge in [-0.1, -0.05) is 78.4 Å². The van der Waals surface area contributed by atoms with Gasteiger partial charge in [0.05, 0.1) is 0 Å². The lowest BCUT2D eigenvalue weighted by atomic mass is 10.1. The van der Waals surface area contributed by atoms with Crippen LogP contribution >= 0.6 is 0 Å². The summed E-state index contributed by atoms with van der Waals surface area (Å²) in [5, 5.41) is 8.21. The lowest BCUT2D eigenvalue weighted by molar-refractivity contribution is -0.137. The highest BCUT2D eigenvalue weighted by Crippen LogP contribution is 2.23. The molecule has 0 amide bonds. The minimum atomic E-state index is -0.675. The van der Waals surface area contributed by atoms with E-state index in [-0.39, 0.29) is 0 Å². The Balaban J connectivity index is 0. The number of rotatable bonds is 11. The third-order valence-electron chi connectivity index (χ3n) is 4.16. The summed E-state index contributed by atoms with van der Waals surface area (Å²) in [7, 11) is 0. The summed E-state index contributed by atoms with van der Waals surface area (Å²) >= 11 is 0. The molecular weight excluding hydrogens is 312 g/mol. The summed E-state index contributed by atoms with van der Waals surface area (Å²) in [6, 6.07) is 0. The molecule has 0 radical (unpaired) electrons. The Bertz CT molecular complexity index is 334. The SMILES string of the molecule is CC.CCCCCC/C=C/[C@H]1CCC(=O)C1.CCCCCCC(=O)O. The average Bonchev–Trinajstić information content (AvgIpc) is 3.02. The highest BCUT2D eigenvalue weighted by molar-refractivity contribution is 5.80. The molecule has 1 fully saturated rings. The van der Waals surface area contributed by atoms with Gasteiger partial charge >= 0.3 is 5.97 Å². The van der Waals surface area contributed by atoms with E-state index in [0.717, 1.165) is 38.5 Å². The van der Waals surface area contributed by atoms with Gasteiger partial charge in [-0.3, -0.25) is 9.59 Å². The molecule has 1 aliphatic carbocycles. The van der Waals surface area contributed by atoms with Crippen molar-refractivity contribution < 1.29 is 14.7 Å². The molecule has 0 saturated heterocycles. The first-order chi connectivity index (χ1) is 12.1. The van der Waals surface area contributed by atoms with Crippen LogP contribution in [0.5, 0.6) is 0 Å². The smallest absolute Gasteiger partial charge is 0.303 e. The van der Waals surface area contributed by atoms with Crippen molar-refractivity contribution in [1.82, 2.24) is 0 Å². The molecule has 1 rings (SSSR count). The molecule has 0 aromatic rings. The Labute approximate surface area is 156 Å². The molecule has 1 saturated carbocycles. The topological polar surface area (TPSA) is 54.4 Å². The molecule has 0 unspecified atom stereocenters. The predicted octanol–water partition coefficient (Wildman–Crippen LogP) is 6.95. The summed E-state index contributed by atoms with van der Waals surface area (Å²) in [6.07, 6.45) is 18.3. The molecule has 0 bridgehead atoms. The van der Waals surface area contributed by atoms with Crippen molar-refractivity contribution in [2.75, 3.05) is 0 Å². The van der Waals surface area contributed by atoms with Crippen LogP contribution in [-0.4, -0.2) is 16.9 Å². The zero-order chi connectivity index (χ0) is 19.3. The first-order valence-corrected chi connectivity index (χ1v) is 10.5. The van der Waals surface area contributed by atoms with Crippen molar-refractivity contribution in [1.29, 1.82) is 0 Å². The fraction of sp³-hybridized carbons (Fsp3) is 0.818. The van der Waals surface area contributed by atoms with E-state index < -0.39 is 5.97 Å². The predicted molar refractivity (Wildman–Crippen MR) is 108 cm³/mol. The minimum Gasteiger partial charge on any atom is -0.481 e. The third-order valence-corrected chi connectivity index (χ3v) is 4.16. The van der Waals surface area contributed by atoms with Crippen LogP contribution in [0.15, 0.2) is 12.2 Å².